The number of fused-ring (bicyclic) bond motifs is 1. The van der Waals surface area contributed by atoms with E-state index >= 15 is 0 Å². The van der Waals surface area contributed by atoms with E-state index < -0.39 is 0 Å². The maximum absolute atomic E-state index is 9.68. The third-order valence-corrected chi connectivity index (χ3v) is 2.80. The molecule has 14 heavy (non-hydrogen) atoms. The summed E-state index contributed by atoms with van der Waals surface area (Å²) in [5, 5.41) is 9.68. The van der Waals surface area contributed by atoms with Gasteiger partial charge in [0.05, 0.1) is 6.10 Å². The summed E-state index contributed by atoms with van der Waals surface area (Å²) in [5.74, 6) is 0.941. The third-order valence-electron chi connectivity index (χ3n) is 2.80. The maximum atomic E-state index is 9.68. The fourth-order valence-corrected chi connectivity index (χ4v) is 1.88. The number of hydrogen-bond donors (Lipinski definition) is 1. The molecule has 1 heterocycles. The van der Waals surface area contributed by atoms with E-state index in [0.717, 1.165) is 25.0 Å². The lowest BCUT2D eigenvalue weighted by Crippen LogP contribution is -2.34. The van der Waals surface area contributed by atoms with Crippen LogP contribution in [-0.4, -0.2) is 17.3 Å². The quantitative estimate of drug-likeness (QED) is 0.778. The molecule has 0 aliphatic carbocycles. The molecule has 1 aromatic rings. The number of aryl methyl sites for hydroxylation is 1. The number of benzene rings is 1. The molecule has 2 atom stereocenters. The van der Waals surface area contributed by atoms with Gasteiger partial charge in [-0.1, -0.05) is 25.1 Å². The SMILES string of the molecule is CC[C@H](O)[C@H]1CCc2ccccc2O1. The molecule has 0 saturated heterocycles. The molecule has 2 nitrogen and oxygen atoms in total. The molecule has 0 unspecified atom stereocenters. The fraction of sp³-hybridized carbons (Fsp3) is 0.500. The van der Waals surface area contributed by atoms with Crippen molar-refractivity contribution in [2.45, 2.75) is 38.4 Å². The molecule has 1 aliphatic heterocycles. The van der Waals surface area contributed by atoms with Crippen molar-refractivity contribution in [1.29, 1.82) is 0 Å². The molecule has 0 fully saturated rings. The zero-order chi connectivity index (χ0) is 9.97. The van der Waals surface area contributed by atoms with E-state index in [9.17, 15) is 5.11 Å². The fourth-order valence-electron chi connectivity index (χ4n) is 1.88. The number of aliphatic hydroxyl groups is 1. The van der Waals surface area contributed by atoms with E-state index in [-0.39, 0.29) is 12.2 Å². The van der Waals surface area contributed by atoms with Crippen molar-refractivity contribution in [2.24, 2.45) is 0 Å². The second-order valence-electron chi connectivity index (χ2n) is 3.78. The van der Waals surface area contributed by atoms with Gasteiger partial charge in [0, 0.05) is 0 Å². The number of aliphatic hydroxyl groups excluding tert-OH is 1. The van der Waals surface area contributed by atoms with Crippen LogP contribution in [0.3, 0.4) is 0 Å². The van der Waals surface area contributed by atoms with Gasteiger partial charge in [0.2, 0.25) is 0 Å². The Kier molecular flexibility index (Phi) is 2.73. The summed E-state index contributed by atoms with van der Waals surface area (Å²) in [5.41, 5.74) is 1.26. The van der Waals surface area contributed by atoms with Crippen molar-refractivity contribution in [3.05, 3.63) is 29.8 Å². The Hall–Kier alpha value is -1.02. The van der Waals surface area contributed by atoms with Gasteiger partial charge in [-0.15, -0.1) is 0 Å². The highest BCUT2D eigenvalue weighted by Gasteiger charge is 2.24. The first kappa shape index (κ1) is 9.53. The van der Waals surface area contributed by atoms with Crippen LogP contribution < -0.4 is 4.74 Å². The Morgan fingerprint density at radius 1 is 1.50 bits per heavy atom. The Morgan fingerprint density at radius 3 is 3.07 bits per heavy atom. The summed E-state index contributed by atoms with van der Waals surface area (Å²) >= 11 is 0. The molecule has 0 spiro atoms. The predicted octanol–water partition coefficient (Wildman–Crippen LogP) is 2.15. The highest BCUT2D eigenvalue weighted by atomic mass is 16.5. The summed E-state index contributed by atoms with van der Waals surface area (Å²) in [6, 6.07) is 8.06. The van der Waals surface area contributed by atoms with Gasteiger partial charge in [-0.2, -0.15) is 0 Å². The first-order valence-electron chi connectivity index (χ1n) is 5.24. The van der Waals surface area contributed by atoms with Crippen LogP contribution in [0.4, 0.5) is 0 Å². The summed E-state index contributed by atoms with van der Waals surface area (Å²) in [4.78, 5) is 0. The third kappa shape index (κ3) is 1.75. The van der Waals surface area contributed by atoms with Gasteiger partial charge in [0.25, 0.3) is 0 Å². The minimum Gasteiger partial charge on any atom is -0.487 e. The van der Waals surface area contributed by atoms with E-state index in [1.807, 2.05) is 25.1 Å². The summed E-state index contributed by atoms with van der Waals surface area (Å²) in [7, 11) is 0. The van der Waals surface area contributed by atoms with Gasteiger partial charge in [-0.25, -0.2) is 0 Å². The molecule has 0 radical (unpaired) electrons. The molecule has 0 bridgehead atoms. The van der Waals surface area contributed by atoms with Crippen LogP contribution >= 0.6 is 0 Å². The Bertz CT molecular complexity index is 309. The van der Waals surface area contributed by atoms with Crippen LogP contribution in [0.15, 0.2) is 24.3 Å². The molecule has 1 aliphatic rings. The van der Waals surface area contributed by atoms with E-state index in [0.29, 0.717) is 0 Å². The molecule has 0 saturated carbocycles. The highest BCUT2D eigenvalue weighted by molar-refractivity contribution is 5.35. The number of rotatable bonds is 2. The van der Waals surface area contributed by atoms with Crippen molar-refractivity contribution < 1.29 is 9.84 Å². The normalized spacial score (nSPS) is 22.3. The van der Waals surface area contributed by atoms with Crippen molar-refractivity contribution >= 4 is 0 Å². The molecule has 1 N–H and O–H groups in total. The summed E-state index contributed by atoms with van der Waals surface area (Å²) < 4.78 is 5.73. The van der Waals surface area contributed by atoms with Gasteiger partial charge in [0.1, 0.15) is 11.9 Å². The van der Waals surface area contributed by atoms with Gasteiger partial charge >= 0.3 is 0 Å². The van der Waals surface area contributed by atoms with Crippen LogP contribution in [0.2, 0.25) is 0 Å². The Balaban J connectivity index is 2.13. The van der Waals surface area contributed by atoms with Crippen LogP contribution in [-0.2, 0) is 6.42 Å². The molecule has 2 rings (SSSR count). The summed E-state index contributed by atoms with van der Waals surface area (Å²) in [6.45, 7) is 1.98. The summed E-state index contributed by atoms with van der Waals surface area (Å²) in [6.07, 6.45) is 2.34. The Labute approximate surface area is 84.5 Å². The first-order chi connectivity index (χ1) is 6.81. The minimum atomic E-state index is -0.330. The lowest BCUT2D eigenvalue weighted by molar-refractivity contribution is 0.0220. The van der Waals surface area contributed by atoms with Gasteiger partial charge in [-0.3, -0.25) is 0 Å². The maximum Gasteiger partial charge on any atom is 0.125 e. The zero-order valence-electron chi connectivity index (χ0n) is 8.44. The van der Waals surface area contributed by atoms with Gasteiger partial charge < -0.3 is 9.84 Å². The molecule has 0 amide bonds. The number of hydrogen-bond acceptors (Lipinski definition) is 2. The minimum absolute atomic E-state index is 0.0186. The number of para-hydroxylation sites is 1. The van der Waals surface area contributed by atoms with E-state index in [1.54, 1.807) is 0 Å². The van der Waals surface area contributed by atoms with Crippen LogP contribution in [0.1, 0.15) is 25.3 Å². The number of ether oxygens (including phenoxy) is 1. The average molecular weight is 192 g/mol. The van der Waals surface area contributed by atoms with Crippen molar-refractivity contribution in [3.8, 4) is 5.75 Å². The van der Waals surface area contributed by atoms with E-state index in [2.05, 4.69) is 6.07 Å². The topological polar surface area (TPSA) is 29.5 Å². The predicted molar refractivity (Wildman–Crippen MR) is 55.5 cm³/mol. The second kappa shape index (κ2) is 4.01. The second-order valence-corrected chi connectivity index (χ2v) is 3.78. The largest absolute Gasteiger partial charge is 0.487 e. The van der Waals surface area contributed by atoms with E-state index in [1.165, 1.54) is 5.56 Å². The molecule has 2 heteroatoms. The van der Waals surface area contributed by atoms with E-state index in [4.69, 9.17) is 4.74 Å². The highest BCUT2D eigenvalue weighted by Crippen LogP contribution is 2.28. The van der Waals surface area contributed by atoms with Crippen molar-refractivity contribution in [1.82, 2.24) is 0 Å². The molecular weight excluding hydrogens is 176 g/mol. The van der Waals surface area contributed by atoms with Gasteiger partial charge in [-0.05, 0) is 30.9 Å². The Morgan fingerprint density at radius 2 is 2.29 bits per heavy atom. The van der Waals surface area contributed by atoms with Crippen molar-refractivity contribution in [2.75, 3.05) is 0 Å². The smallest absolute Gasteiger partial charge is 0.125 e. The first-order valence-corrected chi connectivity index (χ1v) is 5.24. The van der Waals surface area contributed by atoms with Crippen LogP contribution in [0.5, 0.6) is 5.75 Å². The zero-order valence-corrected chi connectivity index (χ0v) is 8.44. The molecule has 0 aromatic heterocycles. The molecular formula is C12H16O2. The molecule has 1 aromatic carbocycles. The lowest BCUT2D eigenvalue weighted by atomic mass is 9.98. The standard InChI is InChI=1S/C12H16O2/c1-2-10(13)12-8-7-9-5-3-4-6-11(9)14-12/h3-6,10,12-13H,2,7-8H2,1H3/t10-,12+/m0/s1. The van der Waals surface area contributed by atoms with Gasteiger partial charge in [0.15, 0.2) is 0 Å². The lowest BCUT2D eigenvalue weighted by Gasteiger charge is -2.28. The monoisotopic (exact) mass is 192 g/mol. The van der Waals surface area contributed by atoms with Crippen LogP contribution in [0, 0.1) is 0 Å². The van der Waals surface area contributed by atoms with Crippen LogP contribution in [0.25, 0.3) is 0 Å². The van der Waals surface area contributed by atoms with Crippen molar-refractivity contribution in [3.63, 3.8) is 0 Å². The average Bonchev–Trinajstić information content (AvgIpc) is 2.27. The molecule has 76 valence electrons.